The van der Waals surface area contributed by atoms with Gasteiger partial charge in [0.05, 0.1) is 25.1 Å². The van der Waals surface area contributed by atoms with Gasteiger partial charge in [-0.1, -0.05) is 5.16 Å². The molecule has 1 heterocycles. The number of carbonyl (C=O) groups excluding carboxylic acids is 1. The van der Waals surface area contributed by atoms with Crippen LogP contribution in [0.5, 0.6) is 5.75 Å². The molecular weight excluding hydrogens is 399 g/mol. The predicted octanol–water partition coefficient (Wildman–Crippen LogP) is 4.90. The molecular formula is C24H25FN2O4. The van der Waals surface area contributed by atoms with Gasteiger partial charge >= 0.3 is 5.97 Å². The summed E-state index contributed by atoms with van der Waals surface area (Å²) in [5.74, 6) is -0.0193. The monoisotopic (exact) mass is 424 g/mol. The number of esters is 1. The molecule has 0 aliphatic carbocycles. The third kappa shape index (κ3) is 5.12. The number of ether oxygens (including phenoxy) is 2. The summed E-state index contributed by atoms with van der Waals surface area (Å²) >= 11 is 0. The first-order chi connectivity index (χ1) is 14.9. The molecule has 0 bridgehead atoms. The smallest absolute Gasteiger partial charge is 0.347 e. The summed E-state index contributed by atoms with van der Waals surface area (Å²) in [6, 6.07) is 16.0. The number of aromatic nitrogens is 1. The molecule has 0 atom stereocenters. The molecule has 0 saturated heterocycles. The molecule has 3 aromatic rings. The van der Waals surface area contributed by atoms with Crippen LogP contribution in [0.4, 0.5) is 4.39 Å². The largest absolute Gasteiger partial charge is 0.497 e. The summed E-state index contributed by atoms with van der Waals surface area (Å²) in [6.07, 6.45) is 0. The number of benzene rings is 2. The maximum absolute atomic E-state index is 13.5. The molecule has 1 aromatic heterocycles. The Bertz CT molecular complexity index is 1070. The second kappa shape index (κ2) is 9.93. The van der Waals surface area contributed by atoms with E-state index in [1.807, 2.05) is 41.8 Å². The summed E-state index contributed by atoms with van der Waals surface area (Å²) in [4.78, 5) is 16.6. The van der Waals surface area contributed by atoms with Crippen molar-refractivity contribution in [2.45, 2.75) is 20.8 Å². The summed E-state index contributed by atoms with van der Waals surface area (Å²) in [5, 5.41) is 4.08. The Morgan fingerprint density at radius 2 is 1.77 bits per heavy atom. The summed E-state index contributed by atoms with van der Waals surface area (Å²) in [5.41, 5.74) is 5.03. The average Bonchev–Trinajstić information content (AvgIpc) is 3.11. The zero-order valence-corrected chi connectivity index (χ0v) is 18.0. The van der Waals surface area contributed by atoms with Crippen LogP contribution in [0.1, 0.15) is 25.1 Å². The Morgan fingerprint density at radius 1 is 1.10 bits per heavy atom. The molecule has 3 rings (SSSR count). The minimum Gasteiger partial charge on any atom is -0.497 e. The van der Waals surface area contributed by atoms with Crippen LogP contribution in [0.25, 0.3) is 16.9 Å². The van der Waals surface area contributed by atoms with Crippen molar-refractivity contribution in [2.75, 3.05) is 20.3 Å². The van der Waals surface area contributed by atoms with Gasteiger partial charge < -0.3 is 18.9 Å². The first-order valence-electron chi connectivity index (χ1n) is 9.89. The van der Waals surface area contributed by atoms with E-state index in [0.717, 1.165) is 34.0 Å². The van der Waals surface area contributed by atoms with Crippen LogP contribution in [0.3, 0.4) is 0 Å². The normalized spacial score (nSPS) is 11.3. The molecule has 2 aromatic carbocycles. The maximum Gasteiger partial charge on any atom is 0.347 e. The van der Waals surface area contributed by atoms with Crippen molar-refractivity contribution in [3.05, 3.63) is 71.7 Å². The third-order valence-corrected chi connectivity index (χ3v) is 4.80. The van der Waals surface area contributed by atoms with Crippen molar-refractivity contribution < 1.29 is 23.5 Å². The molecule has 0 aliphatic heterocycles. The minimum absolute atomic E-state index is 0.256. The lowest BCUT2D eigenvalue weighted by atomic mass is 10.1. The first-order valence-corrected chi connectivity index (χ1v) is 9.89. The van der Waals surface area contributed by atoms with Crippen LogP contribution < -0.4 is 4.74 Å². The lowest BCUT2D eigenvalue weighted by Crippen LogP contribution is -2.11. The van der Waals surface area contributed by atoms with Crippen molar-refractivity contribution >= 4 is 11.7 Å². The molecule has 0 unspecified atom stereocenters. The Hall–Kier alpha value is -3.61. The van der Waals surface area contributed by atoms with Crippen molar-refractivity contribution in [3.8, 4) is 22.7 Å². The highest BCUT2D eigenvalue weighted by Gasteiger charge is 2.17. The van der Waals surface area contributed by atoms with Crippen LogP contribution >= 0.6 is 0 Å². The van der Waals surface area contributed by atoms with Crippen LogP contribution in [-0.4, -0.2) is 36.6 Å². The van der Waals surface area contributed by atoms with Gasteiger partial charge in [0.15, 0.2) is 0 Å². The molecule has 0 N–H and O–H groups in total. The number of halogens is 1. The standard InChI is InChI=1S/C24H25FN2O4/c1-5-30-24(28)15-31-26-16(2)22-14-23(18-6-12-21(29-4)13-7-18)27(17(22)3)20-10-8-19(25)9-11-20/h6-14H,5,15H2,1-4H3/b26-16+. The Kier molecular flexibility index (Phi) is 7.07. The van der Waals surface area contributed by atoms with E-state index in [2.05, 4.69) is 5.16 Å². The summed E-state index contributed by atoms with van der Waals surface area (Å²) in [7, 11) is 1.62. The van der Waals surface area contributed by atoms with E-state index in [0.29, 0.717) is 5.71 Å². The Balaban J connectivity index is 2.02. The van der Waals surface area contributed by atoms with Gasteiger partial charge in [0.25, 0.3) is 0 Å². The zero-order chi connectivity index (χ0) is 22.4. The highest BCUT2D eigenvalue weighted by Crippen LogP contribution is 2.31. The summed E-state index contributed by atoms with van der Waals surface area (Å²) in [6.45, 7) is 5.52. The summed E-state index contributed by atoms with van der Waals surface area (Å²) < 4.78 is 25.6. The van der Waals surface area contributed by atoms with Crippen molar-refractivity contribution in [2.24, 2.45) is 5.16 Å². The van der Waals surface area contributed by atoms with Gasteiger partial charge in [-0.25, -0.2) is 9.18 Å². The second-order valence-electron chi connectivity index (χ2n) is 6.82. The van der Waals surface area contributed by atoms with Crippen molar-refractivity contribution in [1.29, 1.82) is 0 Å². The molecule has 6 nitrogen and oxygen atoms in total. The van der Waals surface area contributed by atoms with Crippen molar-refractivity contribution in [1.82, 2.24) is 4.57 Å². The van der Waals surface area contributed by atoms with E-state index < -0.39 is 5.97 Å². The number of rotatable bonds is 8. The van der Waals surface area contributed by atoms with Crippen LogP contribution in [-0.2, 0) is 14.4 Å². The second-order valence-corrected chi connectivity index (χ2v) is 6.82. The van der Waals surface area contributed by atoms with Crippen molar-refractivity contribution in [3.63, 3.8) is 0 Å². The van der Waals surface area contributed by atoms with Gasteiger partial charge in [-0.05, 0) is 80.9 Å². The highest BCUT2D eigenvalue weighted by atomic mass is 19.1. The number of oxime groups is 1. The number of hydrogen-bond acceptors (Lipinski definition) is 5. The molecule has 0 fully saturated rings. The lowest BCUT2D eigenvalue weighted by molar-refractivity contribution is -0.148. The maximum atomic E-state index is 13.5. The average molecular weight is 424 g/mol. The molecule has 0 saturated carbocycles. The van der Waals surface area contributed by atoms with Crippen LogP contribution in [0.2, 0.25) is 0 Å². The van der Waals surface area contributed by atoms with Crippen LogP contribution in [0, 0.1) is 12.7 Å². The molecule has 0 radical (unpaired) electrons. The SMILES string of the molecule is CCOC(=O)CO/N=C(\C)c1cc(-c2ccc(OC)cc2)n(-c2ccc(F)cc2)c1C. The number of methoxy groups -OCH3 is 1. The van der Waals surface area contributed by atoms with Gasteiger partial charge in [-0.3, -0.25) is 0 Å². The number of nitrogens with zero attached hydrogens (tertiary/aromatic N) is 2. The fourth-order valence-electron chi connectivity index (χ4n) is 3.30. The quantitative estimate of drug-likeness (QED) is 0.293. The van der Waals surface area contributed by atoms with Gasteiger partial charge in [0, 0.05) is 16.9 Å². The van der Waals surface area contributed by atoms with Crippen LogP contribution in [0.15, 0.2) is 59.8 Å². The first kappa shape index (κ1) is 22.1. The molecule has 31 heavy (non-hydrogen) atoms. The number of hydrogen-bond donors (Lipinski definition) is 0. The molecule has 7 heteroatoms. The van der Waals surface area contributed by atoms with E-state index in [9.17, 15) is 9.18 Å². The third-order valence-electron chi connectivity index (χ3n) is 4.80. The van der Waals surface area contributed by atoms with Gasteiger partial charge in [-0.2, -0.15) is 0 Å². The van der Waals surface area contributed by atoms with Gasteiger partial charge in [0.1, 0.15) is 11.6 Å². The lowest BCUT2D eigenvalue weighted by Gasteiger charge is -2.13. The minimum atomic E-state index is -0.474. The van der Waals surface area contributed by atoms with E-state index in [1.54, 1.807) is 33.1 Å². The fourth-order valence-corrected chi connectivity index (χ4v) is 3.30. The fraction of sp³-hybridized carbons (Fsp3) is 0.250. The Labute approximate surface area is 180 Å². The van der Waals surface area contributed by atoms with Gasteiger partial charge in [-0.15, -0.1) is 0 Å². The van der Waals surface area contributed by atoms with E-state index in [1.165, 1.54) is 12.1 Å². The molecule has 0 aliphatic rings. The van der Waals surface area contributed by atoms with E-state index >= 15 is 0 Å². The predicted molar refractivity (Wildman–Crippen MR) is 117 cm³/mol. The zero-order valence-electron chi connectivity index (χ0n) is 18.0. The molecule has 0 amide bonds. The molecule has 162 valence electrons. The van der Waals surface area contributed by atoms with Gasteiger partial charge in [0.2, 0.25) is 6.61 Å². The number of carbonyl (C=O) groups is 1. The van der Waals surface area contributed by atoms with E-state index in [-0.39, 0.29) is 19.0 Å². The Morgan fingerprint density at radius 3 is 2.39 bits per heavy atom. The highest BCUT2D eigenvalue weighted by molar-refractivity contribution is 6.01. The molecule has 0 spiro atoms. The van der Waals surface area contributed by atoms with E-state index in [4.69, 9.17) is 14.3 Å². The topological polar surface area (TPSA) is 62.1 Å².